The topological polar surface area (TPSA) is 97.8 Å². The Kier molecular flexibility index (Phi) is 6.68. The zero-order chi connectivity index (χ0) is 23.6. The van der Waals surface area contributed by atoms with Gasteiger partial charge in [-0.1, -0.05) is 24.3 Å². The molecule has 0 spiro atoms. The second-order valence-electron chi connectivity index (χ2n) is 7.53. The number of sulfonamides is 1. The van der Waals surface area contributed by atoms with Gasteiger partial charge in [-0.15, -0.1) is 11.3 Å². The van der Waals surface area contributed by atoms with E-state index in [9.17, 15) is 13.2 Å². The third-order valence-electron chi connectivity index (χ3n) is 5.64. The fourth-order valence-electron chi connectivity index (χ4n) is 3.83. The summed E-state index contributed by atoms with van der Waals surface area (Å²) in [6.45, 7) is 1.76. The molecule has 0 aliphatic carbocycles. The molecule has 1 atom stereocenters. The lowest BCUT2D eigenvalue weighted by molar-refractivity contribution is -0.120. The van der Waals surface area contributed by atoms with Gasteiger partial charge in [-0.2, -0.15) is 4.31 Å². The molecule has 0 fully saturated rings. The van der Waals surface area contributed by atoms with Crippen LogP contribution in [0.15, 0.2) is 47.8 Å². The van der Waals surface area contributed by atoms with E-state index in [1.165, 1.54) is 15.6 Å². The summed E-state index contributed by atoms with van der Waals surface area (Å²) in [7, 11) is -0.441. The van der Waals surface area contributed by atoms with Crippen LogP contribution in [0.3, 0.4) is 0 Å². The number of ether oxygens (including phenoxy) is 2. The Bertz CT molecular complexity index is 1270. The standard InChI is InChI=1S/C23H25N3O5S2/c1-4-33(28,29)26-13-17-8-6-5-7-15(17)11-19(26)22(27)25-23-24-18(14-32-23)16-9-10-20(30-2)21(12-16)31-3/h5-10,12,14,19H,4,11,13H2,1-3H3,(H,24,25,27)/t19-/m0/s1. The summed E-state index contributed by atoms with van der Waals surface area (Å²) in [4.78, 5) is 17.7. The average Bonchev–Trinajstić information content (AvgIpc) is 3.31. The molecular formula is C23H25N3O5S2. The molecule has 8 nitrogen and oxygen atoms in total. The monoisotopic (exact) mass is 487 g/mol. The van der Waals surface area contributed by atoms with E-state index in [1.54, 1.807) is 27.2 Å². The molecule has 33 heavy (non-hydrogen) atoms. The minimum absolute atomic E-state index is 0.0698. The van der Waals surface area contributed by atoms with Crippen molar-refractivity contribution in [3.05, 3.63) is 59.0 Å². The quantitative estimate of drug-likeness (QED) is 0.547. The van der Waals surface area contributed by atoms with Crippen LogP contribution in [0.25, 0.3) is 11.3 Å². The van der Waals surface area contributed by atoms with E-state index in [0.717, 1.165) is 16.7 Å². The predicted molar refractivity (Wildman–Crippen MR) is 128 cm³/mol. The maximum Gasteiger partial charge on any atom is 0.244 e. The first-order valence-corrected chi connectivity index (χ1v) is 12.9. The van der Waals surface area contributed by atoms with E-state index in [0.29, 0.717) is 28.7 Å². The van der Waals surface area contributed by atoms with E-state index in [1.807, 2.05) is 41.8 Å². The smallest absolute Gasteiger partial charge is 0.244 e. The van der Waals surface area contributed by atoms with Gasteiger partial charge in [0.2, 0.25) is 15.9 Å². The van der Waals surface area contributed by atoms with Gasteiger partial charge in [-0.05, 0) is 42.7 Å². The van der Waals surface area contributed by atoms with Crippen molar-refractivity contribution in [2.45, 2.75) is 25.9 Å². The van der Waals surface area contributed by atoms with Crippen LogP contribution in [0.2, 0.25) is 0 Å². The maximum absolute atomic E-state index is 13.2. The zero-order valence-electron chi connectivity index (χ0n) is 18.6. The molecule has 0 saturated carbocycles. The average molecular weight is 488 g/mol. The molecule has 2 heterocycles. The summed E-state index contributed by atoms with van der Waals surface area (Å²) >= 11 is 1.28. The van der Waals surface area contributed by atoms with E-state index < -0.39 is 22.0 Å². The first-order valence-electron chi connectivity index (χ1n) is 10.4. The van der Waals surface area contributed by atoms with Crippen LogP contribution in [0.5, 0.6) is 11.5 Å². The lowest BCUT2D eigenvalue weighted by Crippen LogP contribution is -2.51. The van der Waals surface area contributed by atoms with Crippen molar-refractivity contribution < 1.29 is 22.7 Å². The molecule has 0 saturated heterocycles. The van der Waals surface area contributed by atoms with Gasteiger partial charge in [-0.3, -0.25) is 4.79 Å². The van der Waals surface area contributed by atoms with Crippen molar-refractivity contribution in [1.82, 2.24) is 9.29 Å². The van der Waals surface area contributed by atoms with Crippen LogP contribution >= 0.6 is 11.3 Å². The summed E-state index contributed by atoms with van der Waals surface area (Å²) in [6.07, 6.45) is 0.315. The fourth-order valence-corrected chi connectivity index (χ4v) is 5.78. The molecular weight excluding hydrogens is 462 g/mol. The molecule has 3 aromatic rings. The Balaban J connectivity index is 1.57. The molecule has 2 aromatic carbocycles. The third-order valence-corrected chi connectivity index (χ3v) is 8.23. The third kappa shape index (κ3) is 4.73. The minimum atomic E-state index is -3.57. The van der Waals surface area contributed by atoms with Crippen molar-refractivity contribution in [3.8, 4) is 22.8 Å². The largest absolute Gasteiger partial charge is 0.493 e. The highest BCUT2D eigenvalue weighted by Gasteiger charge is 2.38. The molecule has 0 radical (unpaired) electrons. The number of nitrogens with zero attached hydrogens (tertiary/aromatic N) is 2. The van der Waals surface area contributed by atoms with Gasteiger partial charge in [0.25, 0.3) is 0 Å². The number of anilines is 1. The number of benzene rings is 2. The summed E-state index contributed by atoms with van der Waals surface area (Å²) in [5.74, 6) is 0.726. The van der Waals surface area contributed by atoms with Crippen molar-refractivity contribution in [2.24, 2.45) is 0 Å². The van der Waals surface area contributed by atoms with Gasteiger partial charge in [0.05, 0.1) is 25.7 Å². The SMILES string of the molecule is CCS(=O)(=O)N1Cc2ccccc2C[C@H]1C(=O)Nc1nc(-c2ccc(OC)c(OC)c2)cs1. The molecule has 1 aliphatic heterocycles. The summed E-state index contributed by atoms with van der Waals surface area (Å²) < 4.78 is 37.4. The van der Waals surface area contributed by atoms with E-state index in [4.69, 9.17) is 9.47 Å². The number of rotatable bonds is 7. The summed E-state index contributed by atoms with van der Waals surface area (Å²) in [5.41, 5.74) is 3.38. The van der Waals surface area contributed by atoms with E-state index in [2.05, 4.69) is 10.3 Å². The van der Waals surface area contributed by atoms with Gasteiger partial charge in [-0.25, -0.2) is 13.4 Å². The van der Waals surface area contributed by atoms with Gasteiger partial charge in [0, 0.05) is 17.5 Å². The van der Waals surface area contributed by atoms with Crippen LogP contribution < -0.4 is 14.8 Å². The summed E-state index contributed by atoms with van der Waals surface area (Å²) in [5, 5.41) is 5.04. The molecule has 4 rings (SSSR count). The Morgan fingerprint density at radius 3 is 2.58 bits per heavy atom. The second kappa shape index (κ2) is 9.50. The molecule has 0 bridgehead atoms. The van der Waals surface area contributed by atoms with Gasteiger partial charge >= 0.3 is 0 Å². The number of hydrogen-bond acceptors (Lipinski definition) is 7. The molecule has 174 valence electrons. The molecule has 1 amide bonds. The van der Waals surface area contributed by atoms with Crippen LogP contribution in [0.1, 0.15) is 18.1 Å². The maximum atomic E-state index is 13.2. The van der Waals surface area contributed by atoms with Crippen LogP contribution in [0.4, 0.5) is 5.13 Å². The minimum Gasteiger partial charge on any atom is -0.493 e. The Hall–Kier alpha value is -2.95. The number of hydrogen-bond donors (Lipinski definition) is 1. The first kappa shape index (κ1) is 23.2. The molecule has 1 aromatic heterocycles. The van der Waals surface area contributed by atoms with Crippen molar-refractivity contribution in [3.63, 3.8) is 0 Å². The number of thiazole rings is 1. The number of methoxy groups -OCH3 is 2. The van der Waals surface area contributed by atoms with Gasteiger partial charge in [0.15, 0.2) is 16.6 Å². The molecule has 1 N–H and O–H groups in total. The van der Waals surface area contributed by atoms with E-state index >= 15 is 0 Å². The number of amides is 1. The predicted octanol–water partition coefficient (Wildman–Crippen LogP) is 3.54. The van der Waals surface area contributed by atoms with Gasteiger partial charge in [0.1, 0.15) is 6.04 Å². The molecule has 0 unspecified atom stereocenters. The fraction of sp³-hybridized carbons (Fsp3) is 0.304. The van der Waals surface area contributed by atoms with Gasteiger partial charge < -0.3 is 14.8 Å². The molecule has 1 aliphatic rings. The molecule has 10 heteroatoms. The first-order chi connectivity index (χ1) is 15.9. The number of carbonyl (C=O) groups is 1. The van der Waals surface area contributed by atoms with E-state index in [-0.39, 0.29) is 12.3 Å². The van der Waals surface area contributed by atoms with Crippen LogP contribution in [0, 0.1) is 0 Å². The Labute approximate surface area is 197 Å². The highest BCUT2D eigenvalue weighted by Crippen LogP contribution is 2.34. The number of nitrogens with one attached hydrogen (secondary N) is 1. The normalized spacial score (nSPS) is 16.2. The number of fused-ring (bicyclic) bond motifs is 1. The second-order valence-corrected chi connectivity index (χ2v) is 10.6. The van der Waals surface area contributed by atoms with Crippen LogP contribution in [-0.4, -0.2) is 49.6 Å². The van der Waals surface area contributed by atoms with Crippen molar-refractivity contribution in [1.29, 1.82) is 0 Å². The zero-order valence-corrected chi connectivity index (χ0v) is 20.2. The lowest BCUT2D eigenvalue weighted by Gasteiger charge is -2.34. The summed E-state index contributed by atoms with van der Waals surface area (Å²) in [6, 6.07) is 12.2. The lowest BCUT2D eigenvalue weighted by atomic mass is 9.95. The van der Waals surface area contributed by atoms with Crippen molar-refractivity contribution in [2.75, 3.05) is 25.3 Å². The number of carbonyl (C=O) groups excluding carboxylic acids is 1. The highest BCUT2D eigenvalue weighted by molar-refractivity contribution is 7.89. The van der Waals surface area contributed by atoms with Crippen LogP contribution in [-0.2, 0) is 27.8 Å². The van der Waals surface area contributed by atoms with Crippen molar-refractivity contribution >= 4 is 32.4 Å². The Morgan fingerprint density at radius 1 is 1.15 bits per heavy atom. The Morgan fingerprint density at radius 2 is 1.88 bits per heavy atom. The highest BCUT2D eigenvalue weighted by atomic mass is 32.2. The number of aromatic nitrogens is 1.